The first-order valence-corrected chi connectivity index (χ1v) is 11.5. The minimum atomic E-state index is -3.81. The first-order chi connectivity index (χ1) is 16.6. The Bertz CT molecular complexity index is 1370. The molecule has 0 bridgehead atoms. The van der Waals surface area contributed by atoms with Crippen LogP contribution in [0.4, 0.5) is 24.7 Å². The predicted molar refractivity (Wildman–Crippen MR) is 131 cm³/mol. The van der Waals surface area contributed by atoms with Gasteiger partial charge < -0.3 is 20.1 Å². The molecule has 1 aliphatic rings. The van der Waals surface area contributed by atoms with Gasteiger partial charge >= 0.3 is 5.92 Å². The number of fused-ring (bicyclic) bond motifs is 2. The molecule has 1 amide bonds. The van der Waals surface area contributed by atoms with E-state index in [4.69, 9.17) is 4.74 Å². The third kappa shape index (κ3) is 4.03. The maximum Gasteiger partial charge on any atom is 0.303 e. The largest absolute Gasteiger partial charge is 0.476 e. The lowest BCUT2D eigenvalue weighted by Gasteiger charge is -2.37. The number of rotatable bonds is 5. The number of benzene rings is 2. The van der Waals surface area contributed by atoms with Crippen LogP contribution in [0, 0.1) is 12.7 Å². The fraction of sp³-hybridized carbons (Fsp3) is 0.423. The van der Waals surface area contributed by atoms with Crippen molar-refractivity contribution in [3.05, 3.63) is 53.0 Å². The highest BCUT2D eigenvalue weighted by molar-refractivity contribution is 6.06. The van der Waals surface area contributed by atoms with Crippen molar-refractivity contribution in [1.29, 1.82) is 0 Å². The molecule has 3 aromatic rings. The van der Waals surface area contributed by atoms with E-state index in [9.17, 15) is 18.7 Å². The molecule has 1 atom stereocenters. The van der Waals surface area contributed by atoms with Gasteiger partial charge in [0, 0.05) is 23.4 Å². The van der Waals surface area contributed by atoms with E-state index in [-0.39, 0.29) is 17.3 Å². The monoisotopic (exact) mass is 502 g/mol. The van der Waals surface area contributed by atoms with E-state index >= 15 is 4.39 Å². The number of nitrogens with zero attached hydrogens (tertiary/aromatic N) is 3. The van der Waals surface area contributed by atoms with E-state index < -0.39 is 34.5 Å². The molecule has 2 heterocycles. The Balaban J connectivity index is 1.77. The van der Waals surface area contributed by atoms with Crippen molar-refractivity contribution >= 4 is 28.2 Å². The number of aromatic nitrogens is 2. The van der Waals surface area contributed by atoms with E-state index in [0.29, 0.717) is 27.9 Å². The molecule has 2 N–H and O–H groups in total. The molecule has 0 aliphatic carbocycles. The highest BCUT2D eigenvalue weighted by Gasteiger charge is 2.49. The van der Waals surface area contributed by atoms with Gasteiger partial charge in [0.1, 0.15) is 17.2 Å². The molecule has 4 rings (SSSR count). The van der Waals surface area contributed by atoms with E-state index in [0.717, 1.165) is 19.9 Å². The maximum atomic E-state index is 15.3. The van der Waals surface area contributed by atoms with Gasteiger partial charge in [0.15, 0.2) is 11.4 Å². The minimum Gasteiger partial charge on any atom is -0.476 e. The van der Waals surface area contributed by atoms with Crippen LogP contribution < -0.4 is 15.0 Å². The summed E-state index contributed by atoms with van der Waals surface area (Å²) in [5.41, 5.74) is -3.26. The molecule has 0 spiro atoms. The van der Waals surface area contributed by atoms with E-state index in [1.165, 1.54) is 17.0 Å². The van der Waals surface area contributed by atoms with Gasteiger partial charge in [0.25, 0.3) is 5.91 Å². The molecule has 0 saturated carbocycles. The highest BCUT2D eigenvalue weighted by Crippen LogP contribution is 2.43. The van der Waals surface area contributed by atoms with Crippen LogP contribution in [0.15, 0.2) is 30.3 Å². The summed E-state index contributed by atoms with van der Waals surface area (Å²) in [4.78, 5) is 14.2. The van der Waals surface area contributed by atoms with E-state index in [1.54, 1.807) is 46.9 Å². The summed E-state index contributed by atoms with van der Waals surface area (Å²) >= 11 is 0. The van der Waals surface area contributed by atoms with Gasteiger partial charge in [-0.3, -0.25) is 4.79 Å². The Morgan fingerprint density at radius 1 is 1.17 bits per heavy atom. The smallest absolute Gasteiger partial charge is 0.303 e. The quantitative estimate of drug-likeness (QED) is 0.496. The number of nitrogens with one attached hydrogen (secondary N) is 1. The number of hydrogen-bond donors (Lipinski definition) is 2. The summed E-state index contributed by atoms with van der Waals surface area (Å²) in [5.74, 6) is -4.35. The van der Waals surface area contributed by atoms with Gasteiger partial charge in [0.05, 0.1) is 23.0 Å². The molecule has 1 aliphatic heterocycles. The van der Waals surface area contributed by atoms with Crippen LogP contribution in [0.5, 0.6) is 5.75 Å². The van der Waals surface area contributed by atoms with Crippen molar-refractivity contribution in [2.75, 3.05) is 17.3 Å². The number of carbonyl (C=O) groups excluding carboxylic acids is 1. The first-order valence-electron chi connectivity index (χ1n) is 11.5. The minimum absolute atomic E-state index is 0.0257. The fourth-order valence-electron chi connectivity index (χ4n) is 4.32. The lowest BCUT2D eigenvalue weighted by atomic mass is 9.91. The number of ether oxygens (including phenoxy) is 1. The van der Waals surface area contributed by atoms with Crippen molar-refractivity contribution < 1.29 is 27.8 Å². The number of aliphatic hydroxyl groups is 1. The number of amides is 1. The molecular weight excluding hydrogens is 473 g/mol. The van der Waals surface area contributed by atoms with Crippen LogP contribution in [0.3, 0.4) is 0 Å². The molecule has 10 heteroatoms. The fourth-order valence-corrected chi connectivity index (χ4v) is 4.32. The summed E-state index contributed by atoms with van der Waals surface area (Å²) in [7, 11) is 1.65. The molecule has 2 aromatic carbocycles. The summed E-state index contributed by atoms with van der Waals surface area (Å²) in [6.07, 6.45) is 0. The van der Waals surface area contributed by atoms with Gasteiger partial charge in [0.2, 0.25) is 0 Å². The van der Waals surface area contributed by atoms with Crippen LogP contribution in [-0.2, 0) is 10.7 Å². The first kappa shape index (κ1) is 25.7. The SMILES string of the molecule is Cc1nnc(N[C@H](C)c2cccc(C(F)(F)C(C)(C)O)c2F)c2cc3c(cc12)OC(C)(C)C(=O)N3C. The number of hydrogen-bond acceptors (Lipinski definition) is 6. The van der Waals surface area contributed by atoms with Crippen LogP contribution in [0.25, 0.3) is 10.8 Å². The van der Waals surface area contributed by atoms with Crippen molar-refractivity contribution in [1.82, 2.24) is 10.2 Å². The Kier molecular flexibility index (Phi) is 5.94. The Morgan fingerprint density at radius 3 is 2.47 bits per heavy atom. The molecule has 0 radical (unpaired) electrons. The number of halogens is 3. The number of likely N-dealkylation sites (N-methyl/N-ethyl adjacent to an activating group) is 1. The van der Waals surface area contributed by atoms with Gasteiger partial charge in [-0.15, -0.1) is 5.10 Å². The number of alkyl halides is 2. The number of carbonyl (C=O) groups is 1. The normalized spacial score (nSPS) is 16.5. The Morgan fingerprint density at radius 2 is 1.83 bits per heavy atom. The van der Waals surface area contributed by atoms with Crippen LogP contribution in [0.2, 0.25) is 0 Å². The predicted octanol–water partition coefficient (Wildman–Crippen LogP) is 5.25. The van der Waals surface area contributed by atoms with Gasteiger partial charge in [-0.1, -0.05) is 12.1 Å². The average Bonchev–Trinajstić information content (AvgIpc) is 2.78. The second-order valence-corrected chi connectivity index (χ2v) is 10.2. The van der Waals surface area contributed by atoms with Gasteiger partial charge in [-0.05, 0) is 59.7 Å². The summed E-state index contributed by atoms with van der Waals surface area (Å²) in [5, 5.41) is 22.7. The molecule has 1 aromatic heterocycles. The molecule has 36 heavy (non-hydrogen) atoms. The Hall–Kier alpha value is -3.40. The lowest BCUT2D eigenvalue weighted by Crippen LogP contribution is -2.50. The molecular formula is C26H29F3N4O3. The lowest BCUT2D eigenvalue weighted by molar-refractivity contribution is -0.170. The third-order valence-electron chi connectivity index (χ3n) is 6.55. The number of anilines is 2. The second-order valence-electron chi connectivity index (χ2n) is 10.2. The highest BCUT2D eigenvalue weighted by atomic mass is 19.3. The standard InChI is InChI=1S/C26H29F3N4O3/c1-13(15-9-8-10-18(21(15)27)26(28,29)25(5,6)35)30-22-17-11-19-20(12-16(17)14(2)31-32-22)36-24(3,4)23(34)33(19)7/h8-13,35H,1-7H3,(H,30,32)/t13-/m1/s1. The topological polar surface area (TPSA) is 87.6 Å². The van der Waals surface area contributed by atoms with Crippen LogP contribution >= 0.6 is 0 Å². The molecule has 7 nitrogen and oxygen atoms in total. The van der Waals surface area contributed by atoms with Crippen molar-refractivity contribution in [3.63, 3.8) is 0 Å². The zero-order valence-electron chi connectivity index (χ0n) is 21.2. The van der Waals surface area contributed by atoms with Crippen LogP contribution in [0.1, 0.15) is 57.5 Å². The summed E-state index contributed by atoms with van der Waals surface area (Å²) < 4.78 is 50.7. The van der Waals surface area contributed by atoms with E-state index in [1.807, 2.05) is 0 Å². The number of aryl methyl sites for hydroxylation is 1. The molecule has 192 valence electrons. The summed E-state index contributed by atoms with van der Waals surface area (Å²) in [6, 6.07) is 6.41. The molecule has 0 fully saturated rings. The molecule has 0 unspecified atom stereocenters. The van der Waals surface area contributed by atoms with E-state index in [2.05, 4.69) is 15.5 Å². The van der Waals surface area contributed by atoms with Crippen molar-refractivity contribution in [2.24, 2.45) is 0 Å². The molecule has 0 saturated heterocycles. The third-order valence-corrected chi connectivity index (χ3v) is 6.55. The summed E-state index contributed by atoms with van der Waals surface area (Å²) in [6.45, 7) is 8.63. The second kappa shape index (κ2) is 8.33. The maximum absolute atomic E-state index is 15.3. The zero-order chi connectivity index (χ0) is 26.8. The van der Waals surface area contributed by atoms with Crippen LogP contribution in [-0.4, -0.2) is 39.5 Å². The Labute approximate surface area is 207 Å². The van der Waals surface area contributed by atoms with Crippen molar-refractivity contribution in [2.45, 2.75) is 64.7 Å². The van der Waals surface area contributed by atoms with Crippen molar-refractivity contribution in [3.8, 4) is 5.75 Å². The van der Waals surface area contributed by atoms with Gasteiger partial charge in [-0.25, -0.2) is 4.39 Å². The van der Waals surface area contributed by atoms with Gasteiger partial charge in [-0.2, -0.15) is 13.9 Å². The zero-order valence-corrected chi connectivity index (χ0v) is 21.2. The average molecular weight is 503 g/mol.